The Morgan fingerprint density at radius 2 is 1.70 bits per heavy atom. The summed E-state index contributed by atoms with van der Waals surface area (Å²) in [6.45, 7) is 7.06. The maximum absolute atomic E-state index is 11.9. The fourth-order valence-corrected chi connectivity index (χ4v) is 3.06. The molecule has 2 saturated heterocycles. The number of piperazine rings is 1. The predicted octanol–water partition coefficient (Wildman–Crippen LogP) is -1.69. The molecule has 2 aliphatic rings. The smallest absolute Gasteiger partial charge is 0.253 e. The molecule has 2 fully saturated rings. The van der Waals surface area contributed by atoms with Gasteiger partial charge in [-0.05, 0) is 0 Å². The largest absolute Gasteiger partial charge is 0.379 e. The topological polar surface area (TPSA) is 82.2 Å². The van der Waals surface area contributed by atoms with Crippen molar-refractivity contribution in [2.45, 2.75) is 0 Å². The van der Waals surface area contributed by atoms with E-state index in [-0.39, 0.29) is 0 Å². The third-order valence-corrected chi connectivity index (χ3v) is 4.50. The van der Waals surface area contributed by atoms with Crippen molar-refractivity contribution in [2.24, 2.45) is 0 Å². The number of rotatable bonds is 6. The standard InChI is InChI=1S/C15H22N4O4/c20-11-18-3-5-19(6-4-18)13-12(14(21)15(13)22)16-1-2-17-7-9-23-10-8-17/h11,16H,1-10H2. The molecule has 0 spiro atoms. The van der Waals surface area contributed by atoms with Gasteiger partial charge in [-0.3, -0.25) is 19.3 Å². The number of anilines is 2. The average Bonchev–Trinajstić information content (AvgIpc) is 2.61. The Kier molecular flexibility index (Phi) is 4.92. The van der Waals surface area contributed by atoms with Gasteiger partial charge in [0.05, 0.1) is 13.2 Å². The van der Waals surface area contributed by atoms with E-state index in [1.54, 1.807) is 4.90 Å². The van der Waals surface area contributed by atoms with Crippen LogP contribution >= 0.6 is 0 Å². The highest BCUT2D eigenvalue weighted by atomic mass is 16.5. The van der Waals surface area contributed by atoms with Crippen molar-refractivity contribution in [3.63, 3.8) is 0 Å². The minimum Gasteiger partial charge on any atom is -0.379 e. The second-order valence-corrected chi connectivity index (χ2v) is 5.89. The highest BCUT2D eigenvalue weighted by molar-refractivity contribution is 5.75. The molecule has 23 heavy (non-hydrogen) atoms. The van der Waals surface area contributed by atoms with E-state index in [2.05, 4.69) is 10.2 Å². The number of morpholine rings is 1. The Hall–Kier alpha value is -1.93. The molecule has 1 aromatic rings. The van der Waals surface area contributed by atoms with Gasteiger partial charge in [0.2, 0.25) is 6.41 Å². The van der Waals surface area contributed by atoms with Crippen LogP contribution in [0.2, 0.25) is 0 Å². The number of amides is 1. The van der Waals surface area contributed by atoms with E-state index in [0.29, 0.717) is 44.1 Å². The molecule has 2 heterocycles. The Morgan fingerprint density at radius 1 is 1.00 bits per heavy atom. The van der Waals surface area contributed by atoms with E-state index in [9.17, 15) is 14.4 Å². The third-order valence-electron chi connectivity index (χ3n) is 4.50. The molecule has 2 aliphatic heterocycles. The molecule has 0 aromatic heterocycles. The number of carbonyl (C=O) groups excluding carboxylic acids is 1. The predicted molar refractivity (Wildman–Crippen MR) is 87.0 cm³/mol. The summed E-state index contributed by atoms with van der Waals surface area (Å²) in [6, 6.07) is 0. The maximum atomic E-state index is 11.9. The van der Waals surface area contributed by atoms with Crippen molar-refractivity contribution in [3.8, 4) is 0 Å². The van der Waals surface area contributed by atoms with Gasteiger partial charge >= 0.3 is 0 Å². The lowest BCUT2D eigenvalue weighted by Gasteiger charge is -2.35. The third kappa shape index (κ3) is 3.37. The van der Waals surface area contributed by atoms with Crippen molar-refractivity contribution in [1.29, 1.82) is 0 Å². The van der Waals surface area contributed by atoms with Crippen LogP contribution in [0, 0.1) is 0 Å². The average molecular weight is 322 g/mol. The number of ether oxygens (including phenoxy) is 1. The molecule has 1 amide bonds. The fourth-order valence-electron chi connectivity index (χ4n) is 3.06. The van der Waals surface area contributed by atoms with Gasteiger partial charge in [0.25, 0.3) is 10.9 Å². The minimum atomic E-state index is -0.431. The van der Waals surface area contributed by atoms with Crippen molar-refractivity contribution in [3.05, 3.63) is 20.4 Å². The highest BCUT2D eigenvalue weighted by Gasteiger charge is 2.28. The SMILES string of the molecule is O=CN1CCN(c2c(NCCN3CCOCC3)c(=O)c2=O)CC1. The molecule has 8 heteroatoms. The van der Waals surface area contributed by atoms with Crippen molar-refractivity contribution < 1.29 is 9.53 Å². The summed E-state index contributed by atoms with van der Waals surface area (Å²) in [5.41, 5.74) is 0.0727. The molecule has 126 valence electrons. The highest BCUT2D eigenvalue weighted by Crippen LogP contribution is 2.21. The van der Waals surface area contributed by atoms with Crippen LogP contribution in [0.5, 0.6) is 0 Å². The minimum absolute atomic E-state index is 0.418. The van der Waals surface area contributed by atoms with Crippen LogP contribution in [0.15, 0.2) is 9.59 Å². The monoisotopic (exact) mass is 322 g/mol. The Balaban J connectivity index is 1.56. The Bertz CT molecular complexity index is 611. The van der Waals surface area contributed by atoms with Gasteiger partial charge in [-0.25, -0.2) is 0 Å². The van der Waals surface area contributed by atoms with Gasteiger partial charge in [-0.15, -0.1) is 0 Å². The first-order valence-electron chi connectivity index (χ1n) is 8.02. The van der Waals surface area contributed by atoms with Crippen molar-refractivity contribution >= 4 is 17.8 Å². The van der Waals surface area contributed by atoms with Gasteiger partial charge in [0.1, 0.15) is 11.4 Å². The number of hydrogen-bond donors (Lipinski definition) is 1. The fraction of sp³-hybridized carbons (Fsp3) is 0.667. The molecule has 0 bridgehead atoms. The van der Waals surface area contributed by atoms with Crippen molar-refractivity contribution in [2.75, 3.05) is 75.8 Å². The zero-order valence-electron chi connectivity index (χ0n) is 13.1. The summed E-state index contributed by atoms with van der Waals surface area (Å²) in [5.74, 6) is 0. The van der Waals surface area contributed by atoms with Crippen LogP contribution in [0.25, 0.3) is 0 Å². The molecule has 0 atom stereocenters. The lowest BCUT2D eigenvalue weighted by Crippen LogP contribution is -2.51. The second kappa shape index (κ2) is 7.10. The first kappa shape index (κ1) is 15.9. The number of nitrogens with one attached hydrogen (secondary N) is 1. The van der Waals surface area contributed by atoms with E-state index in [0.717, 1.165) is 39.3 Å². The molecule has 3 rings (SSSR count). The molecule has 1 N–H and O–H groups in total. The summed E-state index contributed by atoms with van der Waals surface area (Å²) in [7, 11) is 0. The summed E-state index contributed by atoms with van der Waals surface area (Å²) in [6.07, 6.45) is 0.820. The van der Waals surface area contributed by atoms with E-state index in [4.69, 9.17) is 4.74 Å². The first-order chi connectivity index (χ1) is 11.2. The molecule has 0 aliphatic carbocycles. The molecular formula is C15H22N4O4. The van der Waals surface area contributed by atoms with Crippen LogP contribution in [0.1, 0.15) is 0 Å². The zero-order valence-corrected chi connectivity index (χ0v) is 13.1. The summed E-state index contributed by atoms with van der Waals surface area (Å²) in [4.78, 5) is 40.3. The number of nitrogens with zero attached hydrogens (tertiary/aromatic N) is 3. The van der Waals surface area contributed by atoms with Crippen molar-refractivity contribution in [1.82, 2.24) is 9.80 Å². The second-order valence-electron chi connectivity index (χ2n) is 5.89. The van der Waals surface area contributed by atoms with Gasteiger partial charge < -0.3 is 19.9 Å². The molecular weight excluding hydrogens is 300 g/mol. The Morgan fingerprint density at radius 3 is 2.35 bits per heavy atom. The van der Waals surface area contributed by atoms with Crippen LogP contribution in [-0.4, -0.2) is 81.8 Å². The van der Waals surface area contributed by atoms with Crippen LogP contribution in [0.3, 0.4) is 0 Å². The van der Waals surface area contributed by atoms with E-state index >= 15 is 0 Å². The van der Waals surface area contributed by atoms with Crippen LogP contribution < -0.4 is 21.1 Å². The lowest BCUT2D eigenvalue weighted by molar-refractivity contribution is -0.118. The molecule has 1 aromatic carbocycles. The first-order valence-corrected chi connectivity index (χ1v) is 8.02. The van der Waals surface area contributed by atoms with Gasteiger partial charge in [0.15, 0.2) is 0 Å². The Labute approximate surface area is 134 Å². The van der Waals surface area contributed by atoms with Gasteiger partial charge in [-0.1, -0.05) is 0 Å². The van der Waals surface area contributed by atoms with E-state index in [1.807, 2.05) is 4.90 Å². The summed E-state index contributed by atoms with van der Waals surface area (Å²) in [5, 5.41) is 3.12. The zero-order chi connectivity index (χ0) is 16.2. The van der Waals surface area contributed by atoms with E-state index in [1.165, 1.54) is 0 Å². The van der Waals surface area contributed by atoms with E-state index < -0.39 is 10.9 Å². The number of hydrogen-bond acceptors (Lipinski definition) is 7. The quantitative estimate of drug-likeness (QED) is 0.494. The lowest BCUT2D eigenvalue weighted by atomic mass is 10.1. The molecule has 8 nitrogen and oxygen atoms in total. The van der Waals surface area contributed by atoms with Crippen LogP contribution in [-0.2, 0) is 9.53 Å². The van der Waals surface area contributed by atoms with Gasteiger partial charge in [-0.2, -0.15) is 0 Å². The normalized spacial score (nSPS) is 20.0. The molecule has 0 saturated carbocycles. The molecule has 0 unspecified atom stereocenters. The summed E-state index contributed by atoms with van der Waals surface area (Å²) >= 11 is 0. The van der Waals surface area contributed by atoms with Gasteiger partial charge in [0, 0.05) is 52.4 Å². The van der Waals surface area contributed by atoms with Crippen LogP contribution in [0.4, 0.5) is 11.4 Å². The maximum Gasteiger partial charge on any atom is 0.253 e. The molecule has 0 radical (unpaired) electrons. The summed E-state index contributed by atoms with van der Waals surface area (Å²) < 4.78 is 5.30. The number of carbonyl (C=O) groups is 1.